The van der Waals surface area contributed by atoms with Gasteiger partial charge in [-0.05, 0) is 159 Å². The summed E-state index contributed by atoms with van der Waals surface area (Å²) >= 11 is 36.3. The summed E-state index contributed by atoms with van der Waals surface area (Å²) in [6.45, 7) is 0. The van der Waals surface area contributed by atoms with E-state index in [1.807, 2.05) is 0 Å². The fraction of sp³-hybridized carbons (Fsp3) is 0.143. The minimum atomic E-state index is -0.0861. The average Bonchev–Trinajstić information content (AvgIpc) is 3.35. The Bertz CT molecular complexity index is 778. The van der Waals surface area contributed by atoms with Gasteiger partial charge in [-0.2, -0.15) is 0 Å². The van der Waals surface area contributed by atoms with Gasteiger partial charge in [0.15, 0.2) is 0 Å². The van der Waals surface area contributed by atoms with E-state index in [4.69, 9.17) is 4.74 Å². The van der Waals surface area contributed by atoms with Gasteiger partial charge in [-0.3, -0.25) is 0 Å². The minimum Gasteiger partial charge on any atom is -0.359 e. The van der Waals surface area contributed by atoms with Crippen LogP contribution in [-0.2, 0) is 4.74 Å². The van der Waals surface area contributed by atoms with Crippen LogP contribution in [0.15, 0.2) is 44.7 Å². The zero-order chi connectivity index (χ0) is 18.8. The predicted octanol–water partition coefficient (Wildman–Crippen LogP) is 11.1. The van der Waals surface area contributed by atoms with E-state index in [-0.39, 0.29) is 12.2 Å². The van der Waals surface area contributed by atoms with E-state index in [2.05, 4.69) is 159 Å². The molecule has 11 heteroatoms. The zero-order valence-corrected chi connectivity index (χ0v) is 27.2. The molecular weight excluding hydrogens is 983 g/mol. The van der Waals surface area contributed by atoms with E-state index in [0.29, 0.717) is 0 Å². The molecule has 0 saturated carbocycles. The molecule has 134 valence electrons. The molecule has 2 aromatic carbocycles. The molecule has 2 atom stereocenters. The number of epoxide rings is 1. The molecule has 0 amide bonds. The van der Waals surface area contributed by atoms with E-state index >= 15 is 0 Å². The smallest absolute Gasteiger partial charge is 0.116 e. The maximum atomic E-state index is 6.08. The second-order valence-electron chi connectivity index (χ2n) is 4.94. The molecule has 1 heterocycles. The van der Waals surface area contributed by atoms with Gasteiger partial charge >= 0.3 is 0 Å². The summed E-state index contributed by atoms with van der Waals surface area (Å²) in [6.07, 6.45) is -0.172. The van der Waals surface area contributed by atoms with E-state index < -0.39 is 0 Å². The minimum absolute atomic E-state index is 0.0861. The predicted molar refractivity (Wildman–Crippen MR) is 136 cm³/mol. The first-order valence-corrected chi connectivity index (χ1v) is 14.2. The molecule has 0 radical (unpaired) electrons. The number of benzene rings is 2. The lowest BCUT2D eigenvalue weighted by Crippen LogP contribution is -1.95. The number of rotatable bonds is 2. The van der Waals surface area contributed by atoms with Gasteiger partial charge in [-0.15, -0.1) is 0 Å². The Hall–Kier alpha value is 3.20. The normalized spacial score (nSPS) is 19.4. The van der Waals surface area contributed by atoms with Crippen molar-refractivity contribution in [3.05, 3.63) is 55.9 Å². The summed E-state index contributed by atoms with van der Waals surface area (Å²) in [7, 11) is 0. The largest absolute Gasteiger partial charge is 0.359 e. The Morgan fingerprint density at radius 1 is 0.360 bits per heavy atom. The Kier molecular flexibility index (Phi) is 8.00. The highest BCUT2D eigenvalue weighted by atomic mass is 79.9. The first kappa shape index (κ1) is 22.9. The van der Waals surface area contributed by atoms with Crippen molar-refractivity contribution >= 4 is 159 Å². The lowest BCUT2D eigenvalue weighted by atomic mass is 10.0. The van der Waals surface area contributed by atoms with Crippen LogP contribution in [0.4, 0.5) is 0 Å². The first-order chi connectivity index (χ1) is 11.6. The van der Waals surface area contributed by atoms with Crippen molar-refractivity contribution in [2.45, 2.75) is 12.2 Å². The molecule has 0 bridgehead atoms. The summed E-state index contributed by atoms with van der Waals surface area (Å²) in [4.78, 5) is 0. The summed E-state index contributed by atoms with van der Waals surface area (Å²) in [5.41, 5.74) is 2.09. The van der Waals surface area contributed by atoms with Gasteiger partial charge in [0.2, 0.25) is 0 Å². The Labute approximate surface area is 228 Å². The molecule has 1 fully saturated rings. The first-order valence-electron chi connectivity index (χ1n) is 6.27. The number of hydrogen-bond donors (Lipinski definition) is 0. The molecular formula is C14H2Br10O. The van der Waals surface area contributed by atoms with Crippen LogP contribution in [0, 0.1) is 0 Å². The summed E-state index contributed by atoms with van der Waals surface area (Å²) in [5, 5.41) is 0. The fourth-order valence-electron chi connectivity index (χ4n) is 2.29. The molecule has 2 aromatic rings. The van der Waals surface area contributed by atoms with Crippen LogP contribution in [0.25, 0.3) is 0 Å². The van der Waals surface area contributed by atoms with Gasteiger partial charge in [0.1, 0.15) is 12.2 Å². The molecule has 25 heavy (non-hydrogen) atoms. The Morgan fingerprint density at radius 2 is 0.560 bits per heavy atom. The monoisotopic (exact) mass is 975 g/mol. The van der Waals surface area contributed by atoms with Gasteiger partial charge in [0.25, 0.3) is 0 Å². The van der Waals surface area contributed by atoms with Crippen molar-refractivity contribution in [3.63, 3.8) is 0 Å². The third kappa shape index (κ3) is 4.06. The quantitative estimate of drug-likeness (QED) is 0.166. The molecule has 1 nitrogen and oxygen atoms in total. The Morgan fingerprint density at radius 3 is 0.800 bits per heavy atom. The zero-order valence-electron chi connectivity index (χ0n) is 11.3. The van der Waals surface area contributed by atoms with Crippen LogP contribution in [-0.4, -0.2) is 0 Å². The summed E-state index contributed by atoms with van der Waals surface area (Å²) in [6, 6.07) is 0. The summed E-state index contributed by atoms with van der Waals surface area (Å²) < 4.78 is 15.5. The number of halogens is 10. The van der Waals surface area contributed by atoms with E-state index in [1.54, 1.807) is 0 Å². The van der Waals surface area contributed by atoms with Crippen molar-refractivity contribution in [2.24, 2.45) is 0 Å². The maximum Gasteiger partial charge on any atom is 0.116 e. The molecule has 1 aliphatic rings. The molecule has 2 unspecified atom stereocenters. The van der Waals surface area contributed by atoms with Crippen molar-refractivity contribution in [2.75, 3.05) is 0 Å². The highest BCUT2D eigenvalue weighted by Gasteiger charge is 2.47. The van der Waals surface area contributed by atoms with Gasteiger partial charge < -0.3 is 4.74 Å². The lowest BCUT2D eigenvalue weighted by molar-refractivity contribution is 0.376. The van der Waals surface area contributed by atoms with Crippen LogP contribution in [0.2, 0.25) is 0 Å². The summed E-state index contributed by atoms with van der Waals surface area (Å²) in [5.74, 6) is 0. The van der Waals surface area contributed by atoms with Gasteiger partial charge in [0, 0.05) is 55.9 Å². The third-order valence-electron chi connectivity index (χ3n) is 3.55. The topological polar surface area (TPSA) is 12.5 Å². The molecule has 0 aromatic heterocycles. The van der Waals surface area contributed by atoms with E-state index in [1.165, 1.54) is 0 Å². The van der Waals surface area contributed by atoms with Crippen molar-refractivity contribution in [1.82, 2.24) is 0 Å². The highest BCUT2D eigenvalue weighted by molar-refractivity contribution is 9.16. The lowest BCUT2D eigenvalue weighted by Gasteiger charge is -2.14. The van der Waals surface area contributed by atoms with E-state index in [0.717, 1.165) is 55.9 Å². The van der Waals surface area contributed by atoms with Crippen molar-refractivity contribution in [3.8, 4) is 0 Å². The van der Waals surface area contributed by atoms with Crippen LogP contribution in [0.5, 0.6) is 0 Å². The molecule has 1 saturated heterocycles. The number of ether oxygens (including phenoxy) is 1. The van der Waals surface area contributed by atoms with Gasteiger partial charge in [0.05, 0.1) is 0 Å². The molecule has 0 aliphatic carbocycles. The second-order valence-corrected chi connectivity index (χ2v) is 12.9. The van der Waals surface area contributed by atoms with Crippen LogP contribution in [0.1, 0.15) is 23.3 Å². The number of hydrogen-bond acceptors (Lipinski definition) is 1. The van der Waals surface area contributed by atoms with Crippen molar-refractivity contribution in [1.29, 1.82) is 0 Å². The molecule has 3 rings (SSSR count). The van der Waals surface area contributed by atoms with Crippen LogP contribution in [0.3, 0.4) is 0 Å². The van der Waals surface area contributed by atoms with E-state index in [9.17, 15) is 0 Å². The SMILES string of the molecule is Brc1c(Br)c(Br)c(C2OC2c2c(Br)c(Br)c(Br)c(Br)c2Br)c(Br)c1Br. The fourth-order valence-corrected chi connectivity index (χ4v) is 9.35. The van der Waals surface area contributed by atoms with Crippen molar-refractivity contribution < 1.29 is 4.74 Å². The molecule has 1 aliphatic heterocycles. The van der Waals surface area contributed by atoms with Crippen LogP contribution < -0.4 is 0 Å². The molecule has 0 spiro atoms. The third-order valence-corrected chi connectivity index (χ3v) is 15.9. The highest BCUT2D eigenvalue weighted by Crippen LogP contribution is 2.61. The maximum absolute atomic E-state index is 6.08. The van der Waals surface area contributed by atoms with Gasteiger partial charge in [-0.25, -0.2) is 0 Å². The second kappa shape index (κ2) is 8.75. The Balaban J connectivity index is 2.12. The molecule has 0 N–H and O–H groups in total. The van der Waals surface area contributed by atoms with Gasteiger partial charge in [-0.1, -0.05) is 0 Å². The standard InChI is InChI=1S/C14H2Br10O/c15-3-1(4(16)8(20)11(23)7(3)19)13-14(25-13)2-5(17)9(21)12(24)10(22)6(2)18/h13-14H. The van der Waals surface area contributed by atoms with Crippen LogP contribution >= 0.6 is 159 Å². The average molecular weight is 985 g/mol.